The lowest BCUT2D eigenvalue weighted by Crippen LogP contribution is -2.17. The molecule has 1 amide bonds. The van der Waals surface area contributed by atoms with Crippen molar-refractivity contribution in [1.82, 2.24) is 0 Å². The van der Waals surface area contributed by atoms with Gasteiger partial charge in [0.15, 0.2) is 17.3 Å². The summed E-state index contributed by atoms with van der Waals surface area (Å²) in [5.74, 6) is -4.68. The molecule has 0 spiro atoms. The Morgan fingerprint density at radius 1 is 1.18 bits per heavy atom. The van der Waals surface area contributed by atoms with Crippen LogP contribution in [-0.4, -0.2) is 16.7 Å². The molecule has 114 valence electrons. The normalized spacial score (nSPS) is 11.3. The number of carbonyl (C=O) groups is 1. The van der Waals surface area contributed by atoms with E-state index in [0.717, 1.165) is 12.1 Å². The van der Waals surface area contributed by atoms with Crippen molar-refractivity contribution in [2.75, 3.05) is 0 Å². The number of phenols is 1. The number of amides is 1. The first-order valence-electron chi connectivity index (χ1n) is 6.23. The summed E-state index contributed by atoms with van der Waals surface area (Å²) in [5.41, 5.74) is 5.87. The van der Waals surface area contributed by atoms with E-state index >= 15 is 0 Å². The lowest BCUT2D eigenvalue weighted by atomic mass is 10.1. The second-order valence-electron chi connectivity index (χ2n) is 4.35. The van der Waals surface area contributed by atoms with E-state index in [4.69, 9.17) is 15.7 Å². The minimum Gasteiger partial charge on any atom is -0.503 e. The fraction of sp³-hybridized carbons (Fsp3) is 0.0667. The van der Waals surface area contributed by atoms with E-state index < -0.39 is 29.0 Å². The highest BCUT2D eigenvalue weighted by molar-refractivity contribution is 6.09. The molecule has 0 atom stereocenters. The van der Waals surface area contributed by atoms with Crippen LogP contribution in [0.3, 0.4) is 0 Å². The third-order valence-electron chi connectivity index (χ3n) is 2.73. The summed E-state index contributed by atoms with van der Waals surface area (Å²) in [7, 11) is 0. The molecular weight excluding hydrogens is 294 g/mol. The Balaban J connectivity index is 2.31. The molecule has 0 aliphatic rings. The van der Waals surface area contributed by atoms with Crippen LogP contribution in [-0.2, 0) is 4.79 Å². The van der Waals surface area contributed by atoms with E-state index in [1.807, 2.05) is 0 Å². The van der Waals surface area contributed by atoms with Crippen LogP contribution in [0.5, 0.6) is 11.5 Å². The minimum absolute atomic E-state index is 0.177. The Labute approximate surface area is 124 Å². The number of primary amides is 1. The third-order valence-corrected chi connectivity index (χ3v) is 2.73. The van der Waals surface area contributed by atoms with Crippen molar-refractivity contribution >= 4 is 11.6 Å². The van der Waals surface area contributed by atoms with Crippen molar-refractivity contribution in [2.45, 2.75) is 6.42 Å². The predicted molar refractivity (Wildman–Crippen MR) is 75.4 cm³/mol. The monoisotopic (exact) mass is 306 g/mol. The average Bonchev–Trinajstić information content (AvgIpc) is 2.51. The van der Waals surface area contributed by atoms with Gasteiger partial charge >= 0.3 is 0 Å². The summed E-state index contributed by atoms with van der Waals surface area (Å²) in [5, 5.41) is 12.8. The van der Waals surface area contributed by atoms with Gasteiger partial charge in [-0.05, 0) is 17.7 Å². The lowest BCUT2D eigenvalue weighted by molar-refractivity contribution is -0.116. The van der Waals surface area contributed by atoms with Crippen molar-refractivity contribution in [3.63, 3.8) is 0 Å². The molecule has 0 aromatic heterocycles. The predicted octanol–water partition coefficient (Wildman–Crippen LogP) is 2.33. The highest BCUT2D eigenvalue weighted by Gasteiger charge is 2.15. The van der Waals surface area contributed by atoms with Crippen LogP contribution in [0, 0.1) is 11.6 Å². The van der Waals surface area contributed by atoms with Crippen molar-refractivity contribution in [3.05, 3.63) is 59.7 Å². The van der Waals surface area contributed by atoms with Crippen molar-refractivity contribution in [1.29, 1.82) is 0 Å². The zero-order chi connectivity index (χ0) is 16.1. The molecule has 0 heterocycles. The average molecular weight is 306 g/mol. The lowest BCUT2D eigenvalue weighted by Gasteiger charge is -2.06. The molecule has 0 radical (unpaired) electrons. The van der Waals surface area contributed by atoms with Crippen LogP contribution in [0.25, 0.3) is 0 Å². The number of oxime groups is 1. The number of nitrogens with two attached hydrogens (primary N) is 1. The van der Waals surface area contributed by atoms with Gasteiger partial charge in [-0.1, -0.05) is 35.5 Å². The first-order chi connectivity index (χ1) is 10.5. The van der Waals surface area contributed by atoms with Gasteiger partial charge in [-0.2, -0.15) is 4.39 Å². The van der Waals surface area contributed by atoms with Gasteiger partial charge in [-0.3, -0.25) is 4.79 Å². The number of benzene rings is 2. The first kappa shape index (κ1) is 15.4. The van der Waals surface area contributed by atoms with Gasteiger partial charge in [0, 0.05) is 0 Å². The highest BCUT2D eigenvalue weighted by atomic mass is 19.1. The molecule has 0 saturated heterocycles. The maximum absolute atomic E-state index is 13.6. The maximum atomic E-state index is 13.6. The minimum atomic E-state index is -1.28. The van der Waals surface area contributed by atoms with E-state index in [1.54, 1.807) is 30.3 Å². The van der Waals surface area contributed by atoms with E-state index in [9.17, 15) is 13.6 Å². The number of nitrogens with zero attached hydrogens (tertiary/aromatic N) is 1. The molecule has 0 unspecified atom stereocenters. The van der Waals surface area contributed by atoms with Crippen molar-refractivity contribution in [2.24, 2.45) is 10.9 Å². The Bertz CT molecular complexity index is 718. The summed E-state index contributed by atoms with van der Waals surface area (Å²) in [6.07, 6.45) is -0.223. The van der Waals surface area contributed by atoms with Crippen molar-refractivity contribution in [3.8, 4) is 11.5 Å². The zero-order valence-electron chi connectivity index (χ0n) is 11.3. The number of rotatable bonds is 5. The summed E-state index contributed by atoms with van der Waals surface area (Å²) >= 11 is 0. The van der Waals surface area contributed by atoms with Crippen LogP contribution in [0.15, 0.2) is 47.6 Å². The molecule has 3 N–H and O–H groups in total. The Hall–Kier alpha value is -2.96. The summed E-state index contributed by atoms with van der Waals surface area (Å²) < 4.78 is 26.6. The van der Waals surface area contributed by atoms with E-state index in [2.05, 4.69) is 5.16 Å². The van der Waals surface area contributed by atoms with Crippen LogP contribution >= 0.6 is 0 Å². The Kier molecular flexibility index (Phi) is 4.67. The Morgan fingerprint density at radius 3 is 2.50 bits per heavy atom. The zero-order valence-corrected chi connectivity index (χ0v) is 11.3. The van der Waals surface area contributed by atoms with Gasteiger partial charge in [-0.25, -0.2) is 4.39 Å². The summed E-state index contributed by atoms with van der Waals surface area (Å²) in [6, 6.07) is 10.4. The number of halogens is 2. The molecule has 5 nitrogen and oxygen atoms in total. The second-order valence-corrected chi connectivity index (χ2v) is 4.35. The van der Waals surface area contributed by atoms with Gasteiger partial charge in [0.1, 0.15) is 0 Å². The molecule has 2 rings (SSSR count). The molecule has 0 aliphatic carbocycles. The standard InChI is InChI=1S/C15H12F2N2O3/c16-10-6-7-12(14(17)15(10)21)22-19-11(8-13(18)20)9-4-2-1-3-5-9/h1-7,21H,8H2,(H2,18,20)/b19-11+. The van der Waals surface area contributed by atoms with Crippen LogP contribution in [0.1, 0.15) is 12.0 Å². The summed E-state index contributed by atoms with van der Waals surface area (Å²) in [4.78, 5) is 16.0. The molecule has 0 bridgehead atoms. The molecule has 0 aliphatic heterocycles. The number of carbonyl (C=O) groups excluding carboxylic acids is 1. The largest absolute Gasteiger partial charge is 0.503 e. The SMILES string of the molecule is NC(=O)C/C(=N\Oc1ccc(F)c(O)c1F)c1ccccc1. The topological polar surface area (TPSA) is 84.9 Å². The first-order valence-corrected chi connectivity index (χ1v) is 6.23. The van der Waals surface area contributed by atoms with Gasteiger partial charge < -0.3 is 15.7 Å². The van der Waals surface area contributed by atoms with Gasteiger partial charge in [0.2, 0.25) is 11.7 Å². The van der Waals surface area contributed by atoms with Crippen LogP contribution < -0.4 is 10.6 Å². The van der Waals surface area contributed by atoms with Gasteiger partial charge in [0.25, 0.3) is 0 Å². The van der Waals surface area contributed by atoms with E-state index in [0.29, 0.717) is 5.56 Å². The molecule has 22 heavy (non-hydrogen) atoms. The molecule has 7 heteroatoms. The third kappa shape index (κ3) is 3.57. The molecule has 2 aromatic rings. The van der Waals surface area contributed by atoms with Gasteiger partial charge in [0.05, 0.1) is 12.1 Å². The number of phenolic OH excluding ortho intramolecular Hbond substituents is 1. The fourth-order valence-electron chi connectivity index (χ4n) is 1.68. The number of aromatic hydroxyl groups is 1. The highest BCUT2D eigenvalue weighted by Crippen LogP contribution is 2.28. The number of hydrogen-bond acceptors (Lipinski definition) is 4. The molecular formula is C15H12F2N2O3. The number of hydrogen-bond donors (Lipinski definition) is 2. The summed E-state index contributed by atoms with van der Waals surface area (Å²) in [6.45, 7) is 0. The quantitative estimate of drug-likeness (QED) is 0.656. The second kappa shape index (κ2) is 6.66. The van der Waals surface area contributed by atoms with Gasteiger partial charge in [-0.15, -0.1) is 0 Å². The molecule has 0 fully saturated rings. The van der Waals surface area contributed by atoms with Crippen molar-refractivity contribution < 1.29 is 23.5 Å². The van der Waals surface area contributed by atoms with E-state index in [-0.39, 0.29) is 12.1 Å². The smallest absolute Gasteiger partial charge is 0.223 e. The van der Waals surface area contributed by atoms with Crippen LogP contribution in [0.4, 0.5) is 8.78 Å². The maximum Gasteiger partial charge on any atom is 0.223 e. The van der Waals surface area contributed by atoms with E-state index in [1.165, 1.54) is 0 Å². The molecule has 0 saturated carbocycles. The van der Waals surface area contributed by atoms with Crippen LogP contribution in [0.2, 0.25) is 0 Å². The molecule has 2 aromatic carbocycles. The Morgan fingerprint density at radius 2 is 1.86 bits per heavy atom. The fourth-order valence-corrected chi connectivity index (χ4v) is 1.68.